The van der Waals surface area contributed by atoms with Gasteiger partial charge in [0.05, 0.1) is 12.5 Å². The lowest BCUT2D eigenvalue weighted by molar-refractivity contribution is -0.124. The third kappa shape index (κ3) is 2.65. The highest BCUT2D eigenvalue weighted by atomic mass is 35.5. The van der Waals surface area contributed by atoms with Gasteiger partial charge in [-0.25, -0.2) is 4.79 Å². The van der Waals surface area contributed by atoms with Crippen molar-refractivity contribution in [3.05, 3.63) is 44.8 Å². The maximum absolute atomic E-state index is 11.9. The summed E-state index contributed by atoms with van der Waals surface area (Å²) in [6.45, 7) is -0.779. The molecule has 2 heterocycles. The second kappa shape index (κ2) is 6.34. The van der Waals surface area contributed by atoms with Crippen molar-refractivity contribution in [2.45, 2.75) is 18.1 Å². The minimum atomic E-state index is -1.93. The summed E-state index contributed by atoms with van der Waals surface area (Å²) in [6, 6.07) is 1.37. The first kappa shape index (κ1) is 16.3. The third-order valence-corrected chi connectivity index (χ3v) is 3.49. The van der Waals surface area contributed by atoms with E-state index >= 15 is 0 Å². The van der Waals surface area contributed by atoms with Crippen LogP contribution in [0.25, 0.3) is 10.4 Å². The molecule has 0 radical (unpaired) electrons. The molecule has 0 bridgehead atoms. The molecule has 4 atom stereocenters. The lowest BCUT2D eigenvalue weighted by atomic mass is 9.96. The van der Waals surface area contributed by atoms with Crippen LogP contribution in [-0.2, 0) is 4.74 Å². The first-order valence-electron chi connectivity index (χ1n) is 6.13. The number of anilines is 1. The predicted molar refractivity (Wildman–Crippen MR) is 76.5 cm³/mol. The lowest BCUT2D eigenvalue weighted by Crippen LogP contribution is -2.42. The standard InChI is InChI=1S/C11H13ClN6O4/c12-3-1-6-8(20)11(5-19,16-17-14)22-9(6)18-4-2-7(13)15-10(18)21/h1-4,6,8-9,19-20H,5H2,(H2,13,15,21)/t6-,8-,9+,11+/m0/s1. The molecule has 1 aromatic heterocycles. The zero-order chi connectivity index (χ0) is 16.3. The molecule has 22 heavy (non-hydrogen) atoms. The first-order valence-corrected chi connectivity index (χ1v) is 6.57. The Labute approximate surface area is 129 Å². The summed E-state index contributed by atoms with van der Waals surface area (Å²) in [7, 11) is 0. The SMILES string of the molecule is [N-]=[N+]=N[C@]1(CO)O[C@@H](n2ccc(N)nc2=O)[C@@H](C=CCl)[C@@H]1O. The molecule has 0 spiro atoms. The van der Waals surface area contributed by atoms with Gasteiger partial charge in [-0.2, -0.15) is 4.98 Å². The van der Waals surface area contributed by atoms with Gasteiger partial charge in [-0.15, -0.1) is 0 Å². The second-order valence-corrected chi connectivity index (χ2v) is 4.84. The molecule has 0 aromatic carbocycles. The molecule has 1 aliphatic heterocycles. The van der Waals surface area contributed by atoms with Gasteiger partial charge in [0.15, 0.2) is 5.72 Å². The number of hydrogen-bond acceptors (Lipinski definition) is 7. The minimum Gasteiger partial charge on any atom is -0.393 e. The molecule has 1 aliphatic rings. The Balaban J connectivity index is 2.54. The van der Waals surface area contributed by atoms with Gasteiger partial charge in [0.25, 0.3) is 0 Å². The summed E-state index contributed by atoms with van der Waals surface area (Å²) >= 11 is 5.54. The van der Waals surface area contributed by atoms with E-state index in [-0.39, 0.29) is 5.82 Å². The molecular weight excluding hydrogens is 316 g/mol. The van der Waals surface area contributed by atoms with E-state index in [1.807, 2.05) is 0 Å². The van der Waals surface area contributed by atoms with Gasteiger partial charge < -0.3 is 20.7 Å². The molecule has 1 fully saturated rings. The van der Waals surface area contributed by atoms with E-state index in [1.165, 1.54) is 18.3 Å². The lowest BCUT2D eigenvalue weighted by Gasteiger charge is -2.24. The molecule has 0 unspecified atom stereocenters. The number of hydrogen-bond donors (Lipinski definition) is 3. The van der Waals surface area contributed by atoms with Crippen LogP contribution in [-0.4, -0.2) is 38.2 Å². The fourth-order valence-corrected chi connectivity index (χ4v) is 2.45. The van der Waals surface area contributed by atoms with Crippen molar-refractivity contribution in [2.24, 2.45) is 11.0 Å². The number of aliphatic hydroxyl groups excluding tert-OH is 2. The maximum Gasteiger partial charge on any atom is 0.351 e. The van der Waals surface area contributed by atoms with Gasteiger partial charge in [0, 0.05) is 16.6 Å². The number of ether oxygens (including phenoxy) is 1. The zero-order valence-electron chi connectivity index (χ0n) is 11.2. The number of rotatable bonds is 4. The van der Waals surface area contributed by atoms with Crippen LogP contribution < -0.4 is 11.4 Å². The van der Waals surface area contributed by atoms with Crippen molar-refractivity contribution >= 4 is 17.4 Å². The summed E-state index contributed by atoms with van der Waals surface area (Å²) in [4.78, 5) is 18.1. The van der Waals surface area contributed by atoms with E-state index in [0.29, 0.717) is 0 Å². The van der Waals surface area contributed by atoms with Gasteiger partial charge in [0.1, 0.15) is 18.1 Å². The molecule has 118 valence electrons. The van der Waals surface area contributed by atoms with Crippen LogP contribution in [0.3, 0.4) is 0 Å². The number of azide groups is 1. The molecular formula is C11H13ClN6O4. The van der Waals surface area contributed by atoms with Crippen molar-refractivity contribution in [1.82, 2.24) is 9.55 Å². The average Bonchev–Trinajstić information content (AvgIpc) is 2.74. The molecule has 0 amide bonds. The van der Waals surface area contributed by atoms with Crippen molar-refractivity contribution in [3.8, 4) is 0 Å². The molecule has 11 heteroatoms. The first-order chi connectivity index (χ1) is 10.5. The number of halogens is 1. The quantitative estimate of drug-likeness (QED) is 0.403. The fraction of sp³-hybridized carbons (Fsp3) is 0.455. The Morgan fingerprint density at radius 2 is 2.45 bits per heavy atom. The number of nitrogens with two attached hydrogens (primary N) is 1. The van der Waals surface area contributed by atoms with Crippen LogP contribution in [0, 0.1) is 5.92 Å². The van der Waals surface area contributed by atoms with E-state index < -0.39 is 36.3 Å². The molecule has 1 saturated heterocycles. The molecule has 2 rings (SSSR count). The Hall–Kier alpha value is -2.10. The highest BCUT2D eigenvalue weighted by Crippen LogP contribution is 2.42. The fourth-order valence-electron chi connectivity index (χ4n) is 2.28. The zero-order valence-corrected chi connectivity index (χ0v) is 11.9. The van der Waals surface area contributed by atoms with Crippen molar-refractivity contribution < 1.29 is 14.9 Å². The number of nitrogens with zero attached hydrogens (tertiary/aromatic N) is 5. The van der Waals surface area contributed by atoms with Crippen molar-refractivity contribution in [1.29, 1.82) is 0 Å². The largest absolute Gasteiger partial charge is 0.393 e. The Bertz CT molecular complexity index is 687. The predicted octanol–water partition coefficient (Wildman–Crippen LogP) is 0.0828. The molecule has 4 N–H and O–H groups in total. The molecule has 0 saturated carbocycles. The molecule has 0 aliphatic carbocycles. The van der Waals surface area contributed by atoms with Crippen LogP contribution in [0.15, 0.2) is 33.8 Å². The van der Waals surface area contributed by atoms with E-state index in [1.54, 1.807) is 0 Å². The number of nitrogen functional groups attached to an aromatic ring is 1. The van der Waals surface area contributed by atoms with Crippen molar-refractivity contribution in [3.63, 3.8) is 0 Å². The van der Waals surface area contributed by atoms with E-state index in [2.05, 4.69) is 15.0 Å². The monoisotopic (exact) mass is 328 g/mol. The highest BCUT2D eigenvalue weighted by molar-refractivity contribution is 6.25. The third-order valence-electron chi connectivity index (χ3n) is 3.34. The minimum absolute atomic E-state index is 0.0210. The van der Waals surface area contributed by atoms with Crippen LogP contribution in [0.1, 0.15) is 6.23 Å². The number of aliphatic hydroxyl groups is 2. The van der Waals surface area contributed by atoms with E-state index in [0.717, 1.165) is 10.1 Å². The second-order valence-electron chi connectivity index (χ2n) is 4.58. The Morgan fingerprint density at radius 3 is 3.00 bits per heavy atom. The van der Waals surface area contributed by atoms with E-state index in [9.17, 15) is 15.0 Å². The summed E-state index contributed by atoms with van der Waals surface area (Å²) < 4.78 is 6.54. The molecule has 1 aromatic rings. The summed E-state index contributed by atoms with van der Waals surface area (Å²) in [6.07, 6.45) is 0.186. The van der Waals surface area contributed by atoms with Crippen LogP contribution in [0.4, 0.5) is 5.82 Å². The van der Waals surface area contributed by atoms with Gasteiger partial charge in [-0.05, 0) is 11.6 Å². The smallest absolute Gasteiger partial charge is 0.351 e. The maximum atomic E-state index is 11.9. The topological polar surface area (TPSA) is 159 Å². The molecule has 10 nitrogen and oxygen atoms in total. The van der Waals surface area contributed by atoms with E-state index in [4.69, 9.17) is 27.6 Å². The van der Waals surface area contributed by atoms with Gasteiger partial charge in [-0.3, -0.25) is 4.57 Å². The van der Waals surface area contributed by atoms with Crippen molar-refractivity contribution in [2.75, 3.05) is 12.3 Å². The van der Waals surface area contributed by atoms with Crippen LogP contribution in [0.2, 0.25) is 0 Å². The summed E-state index contributed by atoms with van der Waals surface area (Å²) in [5.74, 6) is -0.828. The summed E-state index contributed by atoms with van der Waals surface area (Å²) in [5, 5.41) is 23.1. The highest BCUT2D eigenvalue weighted by Gasteiger charge is 2.54. The van der Waals surface area contributed by atoms with Gasteiger partial charge in [0.2, 0.25) is 0 Å². The summed E-state index contributed by atoms with van der Waals surface area (Å²) in [5.41, 5.74) is 12.5. The van der Waals surface area contributed by atoms with Crippen LogP contribution >= 0.6 is 11.6 Å². The Kier molecular flexibility index (Phi) is 4.69. The van der Waals surface area contributed by atoms with Crippen LogP contribution in [0.5, 0.6) is 0 Å². The number of aromatic nitrogens is 2. The van der Waals surface area contributed by atoms with Gasteiger partial charge in [-0.1, -0.05) is 22.8 Å². The van der Waals surface area contributed by atoms with Gasteiger partial charge >= 0.3 is 5.69 Å². The normalized spacial score (nSPS) is 31.3. The average molecular weight is 329 g/mol. The Morgan fingerprint density at radius 1 is 1.73 bits per heavy atom.